The van der Waals surface area contributed by atoms with Crippen molar-refractivity contribution in [1.82, 2.24) is 9.62 Å². The van der Waals surface area contributed by atoms with Gasteiger partial charge in [0.25, 0.3) is 5.92 Å². The maximum Gasteiger partial charge on any atom is 0.285 e. The molecule has 0 aliphatic rings. The first-order valence-corrected chi connectivity index (χ1v) is 8.71. The monoisotopic (exact) mass is 320 g/mol. The molecule has 0 saturated carbocycles. The van der Waals surface area contributed by atoms with Gasteiger partial charge in [-0.1, -0.05) is 37.3 Å². The van der Waals surface area contributed by atoms with Crippen molar-refractivity contribution < 1.29 is 17.2 Å². The van der Waals surface area contributed by atoms with E-state index in [0.717, 1.165) is 6.26 Å². The number of hydrogen-bond donors (Lipinski definition) is 1. The van der Waals surface area contributed by atoms with Gasteiger partial charge in [-0.3, -0.25) is 0 Å². The third kappa shape index (κ3) is 6.07. The number of rotatable bonds is 9. The zero-order valence-electron chi connectivity index (χ0n) is 12.4. The molecule has 0 radical (unpaired) electrons. The molecule has 0 amide bonds. The number of hydrogen-bond acceptors (Lipinski definition) is 3. The van der Waals surface area contributed by atoms with Crippen LogP contribution in [0, 0.1) is 0 Å². The van der Waals surface area contributed by atoms with E-state index in [2.05, 4.69) is 5.32 Å². The quantitative estimate of drug-likeness (QED) is 0.709. The molecule has 0 atom stereocenters. The number of nitrogens with zero attached hydrogens (tertiary/aromatic N) is 1. The Morgan fingerprint density at radius 3 is 2.38 bits per heavy atom. The molecule has 120 valence electrons. The Balaban J connectivity index is 2.34. The van der Waals surface area contributed by atoms with Gasteiger partial charge in [0.2, 0.25) is 10.0 Å². The minimum absolute atomic E-state index is 0.0242. The van der Waals surface area contributed by atoms with Crippen molar-refractivity contribution in [3.05, 3.63) is 35.9 Å². The zero-order chi connectivity index (χ0) is 15.9. The van der Waals surface area contributed by atoms with Gasteiger partial charge < -0.3 is 5.32 Å². The van der Waals surface area contributed by atoms with Crippen LogP contribution in [0.15, 0.2) is 30.3 Å². The van der Waals surface area contributed by atoms with Gasteiger partial charge in [-0.25, -0.2) is 12.7 Å². The molecule has 0 aliphatic carbocycles. The smallest absolute Gasteiger partial charge is 0.285 e. The first-order valence-electron chi connectivity index (χ1n) is 6.86. The third-order valence-corrected chi connectivity index (χ3v) is 4.50. The molecule has 0 aliphatic heterocycles. The first-order chi connectivity index (χ1) is 9.77. The predicted molar refractivity (Wildman–Crippen MR) is 79.9 cm³/mol. The van der Waals surface area contributed by atoms with Crippen LogP contribution in [0.1, 0.15) is 18.9 Å². The standard InChI is InChI=1S/C14H22F2N2O2S/c1-3-18(21(2,19)20)11-7-10-17-12-14(15,16)13-8-5-4-6-9-13/h4-6,8-9,17H,3,7,10-12H2,1-2H3. The predicted octanol–water partition coefficient (Wildman–Crippen LogP) is 2.04. The second-order valence-corrected chi connectivity index (χ2v) is 6.84. The van der Waals surface area contributed by atoms with Gasteiger partial charge in [0, 0.05) is 18.7 Å². The number of alkyl halides is 2. The van der Waals surface area contributed by atoms with Crippen LogP contribution in [0.4, 0.5) is 8.78 Å². The Hall–Kier alpha value is -1.05. The Labute approximate surface area is 125 Å². The van der Waals surface area contributed by atoms with Crippen molar-refractivity contribution in [2.45, 2.75) is 19.3 Å². The average Bonchev–Trinajstić information content (AvgIpc) is 2.42. The van der Waals surface area contributed by atoms with Crippen molar-refractivity contribution in [2.75, 3.05) is 32.4 Å². The average molecular weight is 320 g/mol. The summed E-state index contributed by atoms with van der Waals surface area (Å²) in [5.74, 6) is -2.93. The molecule has 0 fully saturated rings. The van der Waals surface area contributed by atoms with Crippen LogP contribution in [0.5, 0.6) is 0 Å². The molecule has 1 aromatic rings. The number of halogens is 2. The third-order valence-electron chi connectivity index (χ3n) is 3.13. The van der Waals surface area contributed by atoms with E-state index >= 15 is 0 Å². The van der Waals surface area contributed by atoms with Crippen molar-refractivity contribution in [3.8, 4) is 0 Å². The van der Waals surface area contributed by atoms with Crippen LogP contribution in [-0.2, 0) is 15.9 Å². The van der Waals surface area contributed by atoms with Crippen molar-refractivity contribution in [3.63, 3.8) is 0 Å². The van der Waals surface area contributed by atoms with Gasteiger partial charge in [-0.05, 0) is 13.0 Å². The molecule has 1 rings (SSSR count). The molecular weight excluding hydrogens is 298 g/mol. The van der Waals surface area contributed by atoms with Crippen LogP contribution in [0.25, 0.3) is 0 Å². The summed E-state index contributed by atoms with van der Waals surface area (Å²) in [7, 11) is -3.22. The highest BCUT2D eigenvalue weighted by Crippen LogP contribution is 2.26. The normalized spacial score (nSPS) is 12.8. The molecule has 4 nitrogen and oxygen atoms in total. The van der Waals surface area contributed by atoms with Crippen molar-refractivity contribution in [1.29, 1.82) is 0 Å². The summed E-state index contributed by atoms with van der Waals surface area (Å²) >= 11 is 0. The van der Waals surface area contributed by atoms with E-state index in [-0.39, 0.29) is 5.56 Å². The summed E-state index contributed by atoms with van der Waals surface area (Å²) in [6.45, 7) is 2.35. The Morgan fingerprint density at radius 1 is 1.24 bits per heavy atom. The van der Waals surface area contributed by atoms with Gasteiger partial charge in [0.1, 0.15) is 0 Å². The van der Waals surface area contributed by atoms with Gasteiger partial charge in [0.05, 0.1) is 12.8 Å². The van der Waals surface area contributed by atoms with Crippen molar-refractivity contribution in [2.24, 2.45) is 0 Å². The first kappa shape index (κ1) is 18.0. The lowest BCUT2D eigenvalue weighted by atomic mass is 10.1. The summed E-state index contributed by atoms with van der Waals surface area (Å²) in [6.07, 6.45) is 1.64. The maximum absolute atomic E-state index is 13.8. The lowest BCUT2D eigenvalue weighted by molar-refractivity contribution is -0.00304. The van der Waals surface area contributed by atoms with Crippen LogP contribution < -0.4 is 5.32 Å². The highest BCUT2D eigenvalue weighted by atomic mass is 32.2. The summed E-state index contributed by atoms with van der Waals surface area (Å²) in [5.41, 5.74) is -0.0242. The summed E-state index contributed by atoms with van der Waals surface area (Å²) in [5, 5.41) is 2.68. The molecule has 1 N–H and O–H groups in total. The van der Waals surface area contributed by atoms with E-state index in [1.54, 1.807) is 25.1 Å². The van der Waals surface area contributed by atoms with Crippen LogP contribution in [0.3, 0.4) is 0 Å². The second kappa shape index (κ2) is 7.82. The number of nitrogens with one attached hydrogen (secondary N) is 1. The van der Waals surface area contributed by atoms with Gasteiger partial charge in [-0.15, -0.1) is 0 Å². The second-order valence-electron chi connectivity index (χ2n) is 4.86. The highest BCUT2D eigenvalue weighted by molar-refractivity contribution is 7.88. The molecule has 0 heterocycles. The van der Waals surface area contributed by atoms with E-state index in [1.807, 2.05) is 0 Å². The lowest BCUT2D eigenvalue weighted by Crippen LogP contribution is -2.35. The summed E-state index contributed by atoms with van der Waals surface area (Å²) in [6, 6.07) is 7.63. The van der Waals surface area contributed by atoms with E-state index in [1.165, 1.54) is 16.4 Å². The van der Waals surface area contributed by atoms with Crippen LogP contribution >= 0.6 is 0 Å². The van der Waals surface area contributed by atoms with Gasteiger partial charge >= 0.3 is 0 Å². The Bertz CT molecular complexity index is 521. The lowest BCUT2D eigenvalue weighted by Gasteiger charge is -2.19. The maximum atomic E-state index is 13.8. The molecular formula is C14H22F2N2O2S. The molecule has 0 unspecified atom stereocenters. The molecule has 1 aromatic carbocycles. The molecule has 0 aromatic heterocycles. The van der Waals surface area contributed by atoms with E-state index in [4.69, 9.17) is 0 Å². The van der Waals surface area contributed by atoms with Crippen molar-refractivity contribution >= 4 is 10.0 Å². The molecule has 0 spiro atoms. The fourth-order valence-corrected chi connectivity index (χ4v) is 2.90. The highest BCUT2D eigenvalue weighted by Gasteiger charge is 2.30. The number of benzene rings is 1. The molecule has 7 heteroatoms. The summed E-state index contributed by atoms with van der Waals surface area (Å²) in [4.78, 5) is 0. The largest absolute Gasteiger partial charge is 0.311 e. The minimum atomic E-state index is -3.22. The molecule has 0 saturated heterocycles. The van der Waals surface area contributed by atoms with Crippen LogP contribution in [0.2, 0.25) is 0 Å². The molecule has 0 bridgehead atoms. The SMILES string of the molecule is CCN(CCCNCC(F)(F)c1ccccc1)S(C)(=O)=O. The fraction of sp³-hybridized carbons (Fsp3) is 0.571. The fourth-order valence-electron chi connectivity index (χ4n) is 1.97. The van der Waals surface area contributed by atoms with Gasteiger partial charge in [0.15, 0.2) is 0 Å². The topological polar surface area (TPSA) is 49.4 Å². The zero-order valence-corrected chi connectivity index (χ0v) is 13.2. The minimum Gasteiger partial charge on any atom is -0.311 e. The van der Waals surface area contributed by atoms with E-state index < -0.39 is 22.5 Å². The van der Waals surface area contributed by atoms with E-state index in [9.17, 15) is 17.2 Å². The molecule has 21 heavy (non-hydrogen) atoms. The summed E-state index contributed by atoms with van der Waals surface area (Å²) < 4.78 is 51.7. The van der Waals surface area contributed by atoms with E-state index in [0.29, 0.717) is 26.1 Å². The number of sulfonamides is 1. The van der Waals surface area contributed by atoms with Gasteiger partial charge in [-0.2, -0.15) is 8.78 Å². The van der Waals surface area contributed by atoms with Crippen LogP contribution in [-0.4, -0.2) is 45.2 Å². The Morgan fingerprint density at radius 2 is 1.86 bits per heavy atom. The Kier molecular flexibility index (Phi) is 6.70.